The van der Waals surface area contributed by atoms with Crippen LogP contribution in [0.1, 0.15) is 5.56 Å². The molecule has 0 aliphatic carbocycles. The van der Waals surface area contributed by atoms with Gasteiger partial charge in [0.15, 0.2) is 0 Å². The standard InChI is InChI=1S/C10H14ClIS/c1-13(2,12)8-7-9-3-5-10(11)6-4-9/h3-6H,7-8H2,1-2H3. The number of rotatable bonds is 3. The Labute approximate surface area is 99.0 Å². The highest BCUT2D eigenvalue weighted by molar-refractivity contribution is 14.2. The van der Waals surface area contributed by atoms with Crippen LogP contribution in [0.25, 0.3) is 0 Å². The summed E-state index contributed by atoms with van der Waals surface area (Å²) in [6.07, 6.45) is 5.84. The summed E-state index contributed by atoms with van der Waals surface area (Å²) < 4.78 is 0. The molecule has 0 bridgehead atoms. The van der Waals surface area contributed by atoms with E-state index in [1.165, 1.54) is 17.7 Å². The minimum absolute atomic E-state index is 0.395. The van der Waals surface area contributed by atoms with Gasteiger partial charge in [0, 0.05) is 5.02 Å². The van der Waals surface area contributed by atoms with Gasteiger partial charge >= 0.3 is 0 Å². The van der Waals surface area contributed by atoms with Crippen molar-refractivity contribution in [2.24, 2.45) is 0 Å². The van der Waals surface area contributed by atoms with Crippen molar-refractivity contribution in [1.29, 1.82) is 0 Å². The van der Waals surface area contributed by atoms with Crippen molar-refractivity contribution in [1.82, 2.24) is 0 Å². The predicted molar refractivity (Wildman–Crippen MR) is 73.5 cm³/mol. The molecule has 3 heteroatoms. The van der Waals surface area contributed by atoms with Gasteiger partial charge in [0.25, 0.3) is 0 Å². The summed E-state index contributed by atoms with van der Waals surface area (Å²) >= 11 is 8.37. The van der Waals surface area contributed by atoms with Gasteiger partial charge in [-0.3, -0.25) is 0 Å². The Morgan fingerprint density at radius 1 is 1.23 bits per heavy atom. The number of aryl methyl sites for hydroxylation is 1. The van der Waals surface area contributed by atoms with Crippen molar-refractivity contribution in [3.05, 3.63) is 34.9 Å². The van der Waals surface area contributed by atoms with Gasteiger partial charge in [-0.25, -0.2) is 0 Å². The van der Waals surface area contributed by atoms with Crippen molar-refractivity contribution in [3.63, 3.8) is 0 Å². The Morgan fingerprint density at radius 2 is 1.77 bits per heavy atom. The van der Waals surface area contributed by atoms with Gasteiger partial charge in [0.2, 0.25) is 0 Å². The Bertz CT molecular complexity index is 263. The zero-order valence-electron chi connectivity index (χ0n) is 7.89. The molecule has 0 unspecified atom stereocenters. The second-order valence-electron chi connectivity index (χ2n) is 3.48. The average molecular weight is 329 g/mol. The summed E-state index contributed by atoms with van der Waals surface area (Å²) in [7, 11) is -0.395. The summed E-state index contributed by atoms with van der Waals surface area (Å²) in [5.41, 5.74) is 1.39. The van der Waals surface area contributed by atoms with E-state index in [2.05, 4.69) is 45.8 Å². The molecule has 1 aromatic carbocycles. The van der Waals surface area contributed by atoms with Gasteiger partial charge in [-0.05, 0) is 63.6 Å². The Kier molecular flexibility index (Phi) is 4.39. The number of hydrogen-bond acceptors (Lipinski definition) is 0. The van der Waals surface area contributed by atoms with E-state index in [1.807, 2.05) is 12.1 Å². The van der Waals surface area contributed by atoms with Gasteiger partial charge in [-0.1, -0.05) is 23.7 Å². The summed E-state index contributed by atoms with van der Waals surface area (Å²) in [6, 6.07) is 8.16. The van der Waals surface area contributed by atoms with Crippen LogP contribution < -0.4 is 0 Å². The molecule has 0 fully saturated rings. The first-order valence-electron chi connectivity index (χ1n) is 4.12. The fourth-order valence-corrected chi connectivity index (χ4v) is 2.52. The first kappa shape index (κ1) is 11.7. The Hall–Kier alpha value is 0.590. The van der Waals surface area contributed by atoms with Crippen molar-refractivity contribution in [2.75, 3.05) is 18.3 Å². The van der Waals surface area contributed by atoms with Crippen molar-refractivity contribution < 1.29 is 0 Å². The van der Waals surface area contributed by atoms with E-state index < -0.39 is 7.20 Å². The highest BCUT2D eigenvalue weighted by atomic mass is 127. The molecule has 0 radical (unpaired) electrons. The molecule has 0 saturated heterocycles. The number of hydrogen-bond donors (Lipinski definition) is 0. The zero-order valence-corrected chi connectivity index (χ0v) is 11.6. The molecule has 0 atom stereocenters. The first-order chi connectivity index (χ1) is 5.97. The quantitative estimate of drug-likeness (QED) is 0.726. The van der Waals surface area contributed by atoms with Crippen LogP contribution in [0.4, 0.5) is 0 Å². The van der Waals surface area contributed by atoms with E-state index in [0.717, 1.165) is 5.02 Å². The first-order valence-corrected chi connectivity index (χ1v) is 9.66. The molecule has 13 heavy (non-hydrogen) atoms. The third-order valence-corrected chi connectivity index (χ3v) is 4.54. The molecule has 0 heterocycles. The lowest BCUT2D eigenvalue weighted by atomic mass is 10.2. The van der Waals surface area contributed by atoms with Crippen LogP contribution >= 0.6 is 40.0 Å². The van der Waals surface area contributed by atoms with Crippen LogP contribution in [0.15, 0.2) is 24.3 Å². The number of halogens is 2. The highest BCUT2D eigenvalue weighted by Crippen LogP contribution is 2.48. The van der Waals surface area contributed by atoms with Gasteiger partial charge in [0.05, 0.1) is 0 Å². The monoisotopic (exact) mass is 328 g/mol. The van der Waals surface area contributed by atoms with Gasteiger partial charge < -0.3 is 0 Å². The number of benzene rings is 1. The molecule has 74 valence electrons. The van der Waals surface area contributed by atoms with E-state index in [9.17, 15) is 0 Å². The molecular formula is C10H14ClIS. The maximum Gasteiger partial charge on any atom is 0.0406 e. The third kappa shape index (κ3) is 5.13. The lowest BCUT2D eigenvalue weighted by Crippen LogP contribution is -1.96. The van der Waals surface area contributed by atoms with E-state index in [0.29, 0.717) is 0 Å². The highest BCUT2D eigenvalue weighted by Gasteiger charge is 2.05. The topological polar surface area (TPSA) is 0 Å². The Balaban J connectivity index is 2.51. The van der Waals surface area contributed by atoms with Crippen LogP contribution in [-0.2, 0) is 6.42 Å². The maximum atomic E-state index is 5.81. The minimum Gasteiger partial charge on any atom is -0.193 e. The van der Waals surface area contributed by atoms with Crippen LogP contribution in [-0.4, -0.2) is 18.3 Å². The zero-order chi connectivity index (χ0) is 9.90. The van der Waals surface area contributed by atoms with Crippen molar-refractivity contribution in [2.45, 2.75) is 6.42 Å². The maximum absolute atomic E-state index is 5.81. The van der Waals surface area contributed by atoms with E-state index in [-0.39, 0.29) is 0 Å². The average Bonchev–Trinajstić information content (AvgIpc) is 2.02. The smallest absolute Gasteiger partial charge is 0.0406 e. The Morgan fingerprint density at radius 3 is 2.23 bits per heavy atom. The van der Waals surface area contributed by atoms with Gasteiger partial charge in [-0.2, -0.15) is 7.20 Å². The van der Waals surface area contributed by atoms with Crippen LogP contribution in [0.5, 0.6) is 0 Å². The fraction of sp³-hybridized carbons (Fsp3) is 0.400. The molecule has 0 aliphatic heterocycles. The summed E-state index contributed by atoms with van der Waals surface area (Å²) in [6.45, 7) is 0. The van der Waals surface area contributed by atoms with Crippen LogP contribution in [0.2, 0.25) is 5.02 Å². The van der Waals surface area contributed by atoms with E-state index in [4.69, 9.17) is 11.6 Å². The molecule has 0 amide bonds. The van der Waals surface area contributed by atoms with Gasteiger partial charge in [0.1, 0.15) is 0 Å². The molecule has 0 saturated carbocycles. The minimum atomic E-state index is -0.395. The normalized spacial score (nSPS) is 12.9. The molecular weight excluding hydrogens is 315 g/mol. The second kappa shape index (κ2) is 4.89. The summed E-state index contributed by atoms with van der Waals surface area (Å²) in [5.74, 6) is 1.29. The molecule has 0 nitrogen and oxygen atoms in total. The third-order valence-electron chi connectivity index (χ3n) is 1.79. The van der Waals surface area contributed by atoms with Crippen LogP contribution in [0.3, 0.4) is 0 Å². The summed E-state index contributed by atoms with van der Waals surface area (Å²) in [4.78, 5) is 0. The molecule has 0 N–H and O–H groups in total. The molecule has 1 rings (SSSR count). The predicted octanol–water partition coefficient (Wildman–Crippen LogP) is 4.30. The lowest BCUT2D eigenvalue weighted by molar-refractivity contribution is 1.15. The van der Waals surface area contributed by atoms with Gasteiger partial charge in [-0.15, -0.1) is 0 Å². The molecule has 0 aliphatic rings. The lowest BCUT2D eigenvalue weighted by Gasteiger charge is -2.22. The molecule has 1 aromatic rings. The van der Waals surface area contributed by atoms with E-state index in [1.54, 1.807) is 0 Å². The molecule has 0 spiro atoms. The SMILES string of the molecule is CS(C)(I)CCc1ccc(Cl)cc1. The van der Waals surface area contributed by atoms with Crippen LogP contribution in [0, 0.1) is 0 Å². The fourth-order valence-electron chi connectivity index (χ4n) is 1.01. The molecule has 0 aromatic heterocycles. The van der Waals surface area contributed by atoms with Crippen molar-refractivity contribution >= 4 is 40.0 Å². The summed E-state index contributed by atoms with van der Waals surface area (Å²) in [5, 5.41) is 0.824. The van der Waals surface area contributed by atoms with E-state index >= 15 is 0 Å². The second-order valence-corrected chi connectivity index (χ2v) is 14.3. The largest absolute Gasteiger partial charge is 0.193 e. The van der Waals surface area contributed by atoms with Crippen molar-refractivity contribution in [3.8, 4) is 0 Å².